The minimum absolute atomic E-state index is 0.169. The first-order valence-electron chi connectivity index (χ1n) is 5.42. The molecule has 0 fully saturated rings. The molecule has 0 saturated carbocycles. The van der Waals surface area contributed by atoms with Crippen molar-refractivity contribution in [3.8, 4) is 6.07 Å². The number of nitriles is 1. The van der Waals surface area contributed by atoms with Gasteiger partial charge in [0.2, 0.25) is 10.0 Å². The van der Waals surface area contributed by atoms with Crippen LogP contribution in [0.5, 0.6) is 0 Å². The molecule has 0 N–H and O–H groups in total. The average molecular weight is 331 g/mol. The van der Waals surface area contributed by atoms with Gasteiger partial charge in [0.05, 0.1) is 17.4 Å². The monoisotopic (exact) mass is 330 g/mol. The van der Waals surface area contributed by atoms with Crippen LogP contribution in [0.15, 0.2) is 27.6 Å². The van der Waals surface area contributed by atoms with Crippen LogP contribution in [0.4, 0.5) is 0 Å². The van der Waals surface area contributed by atoms with E-state index in [4.69, 9.17) is 5.26 Å². The summed E-state index contributed by atoms with van der Waals surface area (Å²) in [4.78, 5) is 0.229. The van der Waals surface area contributed by atoms with Crippen LogP contribution in [0.2, 0.25) is 0 Å². The zero-order valence-electron chi connectivity index (χ0n) is 10.5. The molecule has 0 aliphatic carbocycles. The van der Waals surface area contributed by atoms with E-state index in [2.05, 4.69) is 15.9 Å². The van der Waals surface area contributed by atoms with E-state index >= 15 is 0 Å². The predicted octanol–water partition coefficient (Wildman–Crippen LogP) is 2.68. The van der Waals surface area contributed by atoms with Gasteiger partial charge in [-0.1, -0.05) is 22.0 Å². The van der Waals surface area contributed by atoms with Crippen molar-refractivity contribution in [3.63, 3.8) is 0 Å². The maximum absolute atomic E-state index is 12.3. The molecule has 18 heavy (non-hydrogen) atoms. The Hall–Kier alpha value is -0.900. The standard InChI is InChI=1S/C12H15BrN2O2S/c1-9-4-5-11(8-12(9)13)18(16,17)15(3)10(2)6-7-14/h4-5,8,10H,6H2,1-3H3/t10-/m1/s1. The zero-order valence-corrected chi connectivity index (χ0v) is 12.9. The van der Waals surface area contributed by atoms with Gasteiger partial charge < -0.3 is 0 Å². The van der Waals surface area contributed by atoms with Crippen LogP contribution >= 0.6 is 15.9 Å². The topological polar surface area (TPSA) is 61.2 Å². The normalized spacial score (nSPS) is 13.3. The van der Waals surface area contributed by atoms with E-state index in [1.54, 1.807) is 25.1 Å². The first kappa shape index (κ1) is 15.2. The van der Waals surface area contributed by atoms with E-state index < -0.39 is 10.0 Å². The van der Waals surface area contributed by atoms with Crippen LogP contribution < -0.4 is 0 Å². The molecule has 1 atom stereocenters. The van der Waals surface area contributed by atoms with Gasteiger partial charge in [-0.2, -0.15) is 9.57 Å². The molecule has 4 nitrogen and oxygen atoms in total. The molecule has 98 valence electrons. The molecule has 0 heterocycles. The van der Waals surface area contributed by atoms with Crippen LogP contribution in [0.25, 0.3) is 0 Å². The highest BCUT2D eigenvalue weighted by atomic mass is 79.9. The van der Waals surface area contributed by atoms with E-state index in [1.807, 2.05) is 13.0 Å². The number of aryl methyl sites for hydroxylation is 1. The van der Waals surface area contributed by atoms with Crippen molar-refractivity contribution >= 4 is 26.0 Å². The summed E-state index contributed by atoms with van der Waals surface area (Å²) in [6.45, 7) is 3.60. The Labute approximate surface area is 116 Å². The summed E-state index contributed by atoms with van der Waals surface area (Å²) in [5, 5.41) is 8.62. The molecule has 0 bridgehead atoms. The van der Waals surface area contributed by atoms with Gasteiger partial charge in [0.25, 0.3) is 0 Å². The molecule has 6 heteroatoms. The number of benzene rings is 1. The Kier molecular flexibility index (Phi) is 4.91. The van der Waals surface area contributed by atoms with Gasteiger partial charge in [0.15, 0.2) is 0 Å². The van der Waals surface area contributed by atoms with E-state index in [1.165, 1.54) is 11.4 Å². The van der Waals surface area contributed by atoms with Gasteiger partial charge in [0, 0.05) is 17.6 Å². The van der Waals surface area contributed by atoms with Crippen LogP contribution in [0.3, 0.4) is 0 Å². The zero-order chi connectivity index (χ0) is 13.9. The average Bonchev–Trinajstić information content (AvgIpc) is 2.31. The lowest BCUT2D eigenvalue weighted by molar-refractivity contribution is 0.393. The van der Waals surface area contributed by atoms with E-state index in [0.717, 1.165) is 10.0 Å². The van der Waals surface area contributed by atoms with Crippen molar-refractivity contribution in [2.75, 3.05) is 7.05 Å². The molecule has 0 spiro atoms. The molecule has 1 rings (SSSR count). The van der Waals surface area contributed by atoms with Crippen LogP contribution in [0.1, 0.15) is 18.9 Å². The number of hydrogen-bond donors (Lipinski definition) is 0. The highest BCUT2D eigenvalue weighted by Crippen LogP contribution is 2.23. The lowest BCUT2D eigenvalue weighted by Gasteiger charge is -2.22. The largest absolute Gasteiger partial charge is 0.243 e. The predicted molar refractivity (Wildman–Crippen MR) is 73.5 cm³/mol. The number of hydrogen-bond acceptors (Lipinski definition) is 3. The van der Waals surface area contributed by atoms with Crippen molar-refractivity contribution in [1.82, 2.24) is 4.31 Å². The van der Waals surface area contributed by atoms with Crippen LogP contribution in [-0.2, 0) is 10.0 Å². The fourth-order valence-electron chi connectivity index (χ4n) is 1.40. The van der Waals surface area contributed by atoms with E-state index in [9.17, 15) is 8.42 Å². The first-order valence-corrected chi connectivity index (χ1v) is 7.65. The third-order valence-corrected chi connectivity index (χ3v) is 5.65. The van der Waals surface area contributed by atoms with Gasteiger partial charge in [-0.25, -0.2) is 8.42 Å². The first-order chi connectivity index (χ1) is 8.30. The Bertz CT molecular complexity index is 578. The Balaban J connectivity index is 3.14. The number of rotatable bonds is 4. The van der Waals surface area contributed by atoms with E-state index in [-0.39, 0.29) is 17.4 Å². The van der Waals surface area contributed by atoms with Gasteiger partial charge in [-0.05, 0) is 31.5 Å². The van der Waals surface area contributed by atoms with Crippen LogP contribution in [0, 0.1) is 18.3 Å². The molecular weight excluding hydrogens is 316 g/mol. The molecular formula is C12H15BrN2O2S. The van der Waals surface area contributed by atoms with Crippen molar-refractivity contribution in [3.05, 3.63) is 28.2 Å². The number of sulfonamides is 1. The fraction of sp³-hybridized carbons (Fsp3) is 0.417. The van der Waals surface area contributed by atoms with Crippen molar-refractivity contribution in [2.45, 2.75) is 31.2 Å². The van der Waals surface area contributed by atoms with E-state index in [0.29, 0.717) is 0 Å². The smallest absolute Gasteiger partial charge is 0.207 e. The molecule has 0 aliphatic heterocycles. The minimum Gasteiger partial charge on any atom is -0.207 e. The van der Waals surface area contributed by atoms with Crippen LogP contribution in [-0.4, -0.2) is 25.8 Å². The molecule has 0 unspecified atom stereocenters. The fourth-order valence-corrected chi connectivity index (χ4v) is 3.32. The third kappa shape index (κ3) is 3.10. The lowest BCUT2D eigenvalue weighted by Crippen LogP contribution is -2.34. The molecule has 0 saturated heterocycles. The summed E-state index contributed by atoms with van der Waals surface area (Å²) in [5.74, 6) is 0. The maximum atomic E-state index is 12.3. The lowest BCUT2D eigenvalue weighted by atomic mass is 10.2. The molecule has 0 aliphatic rings. The Morgan fingerprint density at radius 2 is 2.11 bits per heavy atom. The van der Waals surface area contributed by atoms with Crippen molar-refractivity contribution < 1.29 is 8.42 Å². The number of halogens is 1. The molecule has 0 amide bonds. The quantitative estimate of drug-likeness (QED) is 0.852. The summed E-state index contributed by atoms with van der Waals surface area (Å²) >= 11 is 3.32. The summed E-state index contributed by atoms with van der Waals surface area (Å²) in [6.07, 6.45) is 0.169. The van der Waals surface area contributed by atoms with Gasteiger partial charge in [0.1, 0.15) is 0 Å². The molecule has 0 radical (unpaired) electrons. The van der Waals surface area contributed by atoms with Crippen molar-refractivity contribution in [2.24, 2.45) is 0 Å². The molecule has 0 aromatic heterocycles. The summed E-state index contributed by atoms with van der Waals surface area (Å²) in [6, 6.07) is 6.54. The SMILES string of the molecule is Cc1ccc(S(=O)(=O)N(C)[C@H](C)CC#N)cc1Br. The Morgan fingerprint density at radius 1 is 1.50 bits per heavy atom. The highest BCUT2D eigenvalue weighted by Gasteiger charge is 2.25. The van der Waals surface area contributed by atoms with Crippen molar-refractivity contribution in [1.29, 1.82) is 5.26 Å². The minimum atomic E-state index is -3.55. The second kappa shape index (κ2) is 5.83. The maximum Gasteiger partial charge on any atom is 0.243 e. The third-order valence-electron chi connectivity index (χ3n) is 2.83. The highest BCUT2D eigenvalue weighted by molar-refractivity contribution is 9.10. The van der Waals surface area contributed by atoms with Gasteiger partial charge in [-0.15, -0.1) is 0 Å². The summed E-state index contributed by atoms with van der Waals surface area (Å²) < 4.78 is 26.6. The van der Waals surface area contributed by atoms with Gasteiger partial charge >= 0.3 is 0 Å². The van der Waals surface area contributed by atoms with Gasteiger partial charge in [-0.3, -0.25) is 0 Å². The summed E-state index contributed by atoms with van der Waals surface area (Å²) in [5.41, 5.74) is 0.974. The number of nitrogens with zero attached hydrogens (tertiary/aromatic N) is 2. The second-order valence-electron chi connectivity index (χ2n) is 4.14. The Morgan fingerprint density at radius 3 is 2.61 bits per heavy atom. The second-order valence-corrected chi connectivity index (χ2v) is 7.00. The summed E-state index contributed by atoms with van der Waals surface area (Å²) in [7, 11) is -2.06. The molecule has 1 aromatic carbocycles. The molecule has 1 aromatic rings.